The molecule has 15 nitrogen and oxygen atoms in total. The molecule has 0 N–H and O–H groups in total. The van der Waals surface area contributed by atoms with Gasteiger partial charge in [0.15, 0.2) is 0 Å². The fourth-order valence-corrected chi connectivity index (χ4v) is 24.2. The molecule has 4 fully saturated rings. The van der Waals surface area contributed by atoms with Gasteiger partial charge in [-0.1, -0.05) is 280 Å². The third kappa shape index (κ3) is 21.4. The van der Waals surface area contributed by atoms with Crippen LogP contribution in [-0.4, -0.2) is 114 Å². The molecule has 9 aliphatic heterocycles. The average Bonchev–Trinajstić information content (AvgIpc) is 1.60. The first-order valence-corrected chi connectivity index (χ1v) is 51.5. The summed E-state index contributed by atoms with van der Waals surface area (Å²) in [6.45, 7) is 16.0. The van der Waals surface area contributed by atoms with Crippen molar-refractivity contribution >= 4 is 105 Å². The number of hydrogen-bond acceptors (Lipinski definition) is 14. The van der Waals surface area contributed by atoms with Crippen LogP contribution in [0.4, 0.5) is 0 Å². The molecule has 4 saturated heterocycles. The standard InChI is InChI=1S/2C31H28Cl2N2O.C28H26Cl2N4O.C28H25Cl2N3O/c2*1-21-6-8-22(9-7-21)23-10-11-27(34-19-23)20-35-14-12-31(13-15-35)29-5-3-2-4-28(29)30(36-31)24-16-25(32)18-26(33)17-24;1-33-17-21(16-32-33)19-6-7-24(31-15-19)18-34-10-8-28(9-11-34)26-5-3-2-4-25(26)27(35-28)20-12-22(29)14-23(30)13-20;29-22-13-21(14-23(30)15-22)27-25-3-1-2-4-26(25)28(34-27)8-11-33(12-9-28)18-24-6-5-19(17-32-24)20-7-10-31-16-20/h2*2-11,16-19,30H,12-15,20H2,1H3;2-7,12-17,27H,8-11,18H2,1H3;1-7,13-17,27H,8-12,18H2. The van der Waals surface area contributed by atoms with Crippen LogP contribution in [0.25, 0.3) is 39.0 Å². The third-order valence-corrected chi connectivity index (χ3v) is 31.1. The molecule has 4 unspecified atom stereocenters. The molecule has 0 bridgehead atoms. The fraction of sp³-hybridized carbons (Fsp3) is 0.271. The highest BCUT2D eigenvalue weighted by atomic mass is 35.5. The fourth-order valence-electron chi connectivity index (χ4n) is 22.0. The summed E-state index contributed by atoms with van der Waals surface area (Å²) in [5.41, 5.74) is 29.0. The Bertz CT molecular complexity index is 6780. The molecule has 0 radical (unpaired) electrons. The number of nitrogens with zero attached hydrogens (tertiary/aromatic N) is 11. The summed E-state index contributed by atoms with van der Waals surface area (Å²) >= 11 is 50.6. The molecule has 4 spiro atoms. The Morgan fingerprint density at radius 1 is 0.291 bits per heavy atom. The Labute approximate surface area is 865 Å². The van der Waals surface area contributed by atoms with Crippen molar-refractivity contribution in [2.75, 3.05) is 58.9 Å². The number of aromatic nitrogens is 6. The van der Waals surface area contributed by atoms with Gasteiger partial charge >= 0.3 is 0 Å². The van der Waals surface area contributed by atoms with Gasteiger partial charge in [0.1, 0.15) is 24.4 Å². The number of allylic oxidation sites excluding steroid dienone is 1. The first kappa shape index (κ1) is 96.5. The Morgan fingerprint density at radius 2 is 0.546 bits per heavy atom. The summed E-state index contributed by atoms with van der Waals surface area (Å²) in [5, 5.41) is 9.32. The predicted molar refractivity (Wildman–Crippen MR) is 569 cm³/mol. The van der Waals surface area contributed by atoms with Gasteiger partial charge in [0.05, 0.1) is 57.9 Å². The highest BCUT2D eigenvalue weighted by Gasteiger charge is 2.52. The molecule has 24 rings (SSSR count). The molecular formula is C118H107Cl8N11O4. The number of fused-ring (bicyclic) bond motifs is 8. The van der Waals surface area contributed by atoms with Gasteiger partial charge < -0.3 is 18.9 Å². The molecule has 10 aromatic carbocycles. The van der Waals surface area contributed by atoms with Crippen LogP contribution in [0.5, 0.6) is 0 Å². The number of aliphatic imine (C=N–C) groups is 1. The largest absolute Gasteiger partial charge is 0.358 e. The van der Waals surface area contributed by atoms with Crippen molar-refractivity contribution in [1.82, 2.24) is 49.3 Å². The van der Waals surface area contributed by atoms with E-state index in [1.165, 1.54) is 66.8 Å². The average molecular weight is 2030 g/mol. The zero-order valence-electron chi connectivity index (χ0n) is 78.8. The van der Waals surface area contributed by atoms with Crippen molar-refractivity contribution < 1.29 is 18.9 Å². The van der Waals surface area contributed by atoms with E-state index in [0.717, 1.165) is 215 Å². The highest BCUT2D eigenvalue weighted by molar-refractivity contribution is 6.36. The van der Waals surface area contributed by atoms with Crippen molar-refractivity contribution in [3.8, 4) is 33.4 Å². The zero-order chi connectivity index (χ0) is 96.5. The number of halogens is 8. The molecule has 23 heteroatoms. The van der Waals surface area contributed by atoms with Crippen LogP contribution < -0.4 is 0 Å². The molecule has 714 valence electrons. The molecule has 9 aliphatic rings. The summed E-state index contributed by atoms with van der Waals surface area (Å²) in [7, 11) is 1.92. The van der Waals surface area contributed by atoms with Crippen molar-refractivity contribution in [3.63, 3.8) is 0 Å². The van der Waals surface area contributed by atoms with Crippen LogP contribution in [-0.2, 0) is 74.6 Å². The van der Waals surface area contributed by atoms with E-state index in [2.05, 4.69) is 244 Å². The summed E-state index contributed by atoms with van der Waals surface area (Å²) in [4.78, 5) is 33.1. The first-order chi connectivity index (χ1) is 68.6. The number of benzene rings is 10. The summed E-state index contributed by atoms with van der Waals surface area (Å²) in [6, 6.07) is 91.5. The minimum absolute atomic E-state index is 0.151. The molecular weight excluding hydrogens is 1920 g/mol. The van der Waals surface area contributed by atoms with Gasteiger partial charge in [-0.15, -0.1) is 0 Å². The molecule has 0 saturated carbocycles. The Kier molecular flexibility index (Phi) is 28.8. The van der Waals surface area contributed by atoms with Gasteiger partial charge in [0.2, 0.25) is 0 Å². The SMILES string of the molecule is Cc1ccc(-c2ccc(CN3CCC4(CC3)OC(c3cc(Cl)cc(Cl)c3)c3ccccc34)nc2)cc1.Cc1ccc(-c2ccc(CN3CCC4(CC3)OC(c3cc(Cl)cc(Cl)c3)c3ccccc34)nc2)cc1.Clc1cc(Cl)cc(C2OC3(CCN(Cc4ccc(C5=CCN=C5)cn4)CC3)c3ccccc32)c1.Cn1cc(-c2ccc(CN3CCC4(CC3)OC(c3cc(Cl)cc(Cl)c3)c3ccccc34)nc2)cn1. The van der Waals surface area contributed by atoms with Gasteiger partial charge in [0, 0.05) is 191 Å². The van der Waals surface area contributed by atoms with E-state index in [9.17, 15) is 0 Å². The van der Waals surface area contributed by atoms with Crippen molar-refractivity contribution in [3.05, 3.63) is 457 Å². The Balaban J connectivity index is 0.000000111. The van der Waals surface area contributed by atoms with Crippen molar-refractivity contribution in [2.24, 2.45) is 12.0 Å². The number of rotatable bonds is 16. The molecule has 15 aromatic rings. The second-order valence-corrected chi connectivity index (χ2v) is 42.2. The maximum atomic E-state index is 6.87. The first-order valence-electron chi connectivity index (χ1n) is 48.5. The van der Waals surface area contributed by atoms with Crippen LogP contribution >= 0.6 is 92.8 Å². The molecule has 0 amide bonds. The van der Waals surface area contributed by atoms with Crippen LogP contribution in [0, 0.1) is 13.8 Å². The van der Waals surface area contributed by atoms with E-state index in [1.807, 2.05) is 104 Å². The molecule has 14 heterocycles. The third-order valence-electron chi connectivity index (χ3n) is 29.3. The van der Waals surface area contributed by atoms with Crippen molar-refractivity contribution in [2.45, 2.75) is 138 Å². The number of ether oxygens (including phenoxy) is 4. The molecule has 0 aliphatic carbocycles. The molecule has 4 atom stereocenters. The number of aryl methyl sites for hydroxylation is 3. The van der Waals surface area contributed by atoms with Crippen LogP contribution in [0.2, 0.25) is 40.2 Å². The maximum absolute atomic E-state index is 6.87. The van der Waals surface area contributed by atoms with E-state index in [-0.39, 0.29) is 46.8 Å². The van der Waals surface area contributed by atoms with Gasteiger partial charge in [0.25, 0.3) is 0 Å². The van der Waals surface area contributed by atoms with Crippen molar-refractivity contribution in [1.29, 1.82) is 0 Å². The molecule has 141 heavy (non-hydrogen) atoms. The van der Waals surface area contributed by atoms with Crippen LogP contribution in [0.3, 0.4) is 0 Å². The monoisotopic (exact) mass is 2020 g/mol. The van der Waals surface area contributed by atoms with Gasteiger partial charge in [-0.2, -0.15) is 5.10 Å². The summed E-state index contributed by atoms with van der Waals surface area (Å²) in [6.07, 6.45) is 22.7. The maximum Gasteiger partial charge on any atom is 0.109 e. The van der Waals surface area contributed by atoms with E-state index >= 15 is 0 Å². The zero-order valence-corrected chi connectivity index (χ0v) is 84.8. The van der Waals surface area contributed by atoms with Crippen LogP contribution in [0.15, 0.2) is 315 Å². The normalized spacial score (nSPS) is 19.5. The minimum atomic E-state index is -0.288. The number of pyridine rings is 4. The van der Waals surface area contributed by atoms with Gasteiger partial charge in [-0.05, 0) is 246 Å². The Hall–Kier alpha value is -10.6. The van der Waals surface area contributed by atoms with E-state index in [4.69, 9.17) is 132 Å². The highest BCUT2D eigenvalue weighted by Crippen LogP contribution is 2.57. The van der Waals surface area contributed by atoms with E-state index in [0.29, 0.717) is 40.2 Å². The quantitative estimate of drug-likeness (QED) is 0.0910. The number of hydrogen-bond donors (Lipinski definition) is 0. The second-order valence-electron chi connectivity index (χ2n) is 38.7. The number of piperidine rings is 4. The van der Waals surface area contributed by atoms with E-state index < -0.39 is 0 Å². The number of likely N-dealkylation sites (tertiary alicyclic amines) is 4. The summed E-state index contributed by atoms with van der Waals surface area (Å²) < 4.78 is 29.2. The lowest BCUT2D eigenvalue weighted by atomic mass is 9.83. The van der Waals surface area contributed by atoms with Crippen LogP contribution in [0.1, 0.15) is 182 Å². The Morgan fingerprint density at radius 3 is 0.787 bits per heavy atom. The second kappa shape index (κ2) is 42.0. The topological polar surface area (TPSA) is 132 Å². The lowest BCUT2D eigenvalue weighted by Gasteiger charge is -2.39. The summed E-state index contributed by atoms with van der Waals surface area (Å²) in [5.74, 6) is 0. The van der Waals surface area contributed by atoms with Gasteiger partial charge in [-0.25, -0.2) is 0 Å². The smallest absolute Gasteiger partial charge is 0.109 e. The molecule has 5 aromatic heterocycles. The van der Waals surface area contributed by atoms with E-state index in [1.54, 1.807) is 24.3 Å². The lowest BCUT2D eigenvalue weighted by Crippen LogP contribution is -2.42. The van der Waals surface area contributed by atoms with Gasteiger partial charge in [-0.3, -0.25) is 49.2 Å². The minimum Gasteiger partial charge on any atom is -0.358 e. The lowest BCUT2D eigenvalue weighted by molar-refractivity contribution is -0.0980. The predicted octanol–water partition coefficient (Wildman–Crippen LogP) is 28.8.